The van der Waals surface area contributed by atoms with Crippen LogP contribution in [0, 0.1) is 5.92 Å². The molecule has 1 atom stereocenters. The lowest BCUT2D eigenvalue weighted by molar-refractivity contribution is -0.136. The zero-order valence-corrected chi connectivity index (χ0v) is 10.9. The van der Waals surface area contributed by atoms with Crippen molar-refractivity contribution in [3.05, 3.63) is 22.4 Å². The van der Waals surface area contributed by atoms with Crippen molar-refractivity contribution < 1.29 is 9.90 Å². The van der Waals surface area contributed by atoms with Crippen molar-refractivity contribution in [3.63, 3.8) is 0 Å². The molecule has 1 heterocycles. The van der Waals surface area contributed by atoms with Crippen LogP contribution >= 0.6 is 11.3 Å². The molecule has 17 heavy (non-hydrogen) atoms. The van der Waals surface area contributed by atoms with Crippen molar-refractivity contribution in [2.75, 3.05) is 13.2 Å². The highest BCUT2D eigenvalue weighted by Gasteiger charge is 2.33. The molecule has 1 saturated carbocycles. The van der Waals surface area contributed by atoms with Crippen LogP contribution in [0.5, 0.6) is 0 Å². The number of aliphatic hydroxyl groups is 1. The van der Waals surface area contributed by atoms with Gasteiger partial charge in [-0.25, -0.2) is 0 Å². The highest BCUT2D eigenvalue weighted by Crippen LogP contribution is 2.28. The first kappa shape index (κ1) is 12.6. The van der Waals surface area contributed by atoms with Crippen LogP contribution in [0.1, 0.15) is 24.6 Å². The highest BCUT2D eigenvalue weighted by molar-refractivity contribution is 7.09. The van der Waals surface area contributed by atoms with Gasteiger partial charge < -0.3 is 10.0 Å². The molecule has 1 unspecified atom stereocenters. The van der Waals surface area contributed by atoms with Crippen molar-refractivity contribution in [1.29, 1.82) is 0 Å². The molecule has 0 radical (unpaired) electrons. The average Bonchev–Trinajstić information content (AvgIpc) is 3.03. The molecule has 0 spiro atoms. The molecule has 1 amide bonds. The molecule has 0 bridgehead atoms. The van der Waals surface area contributed by atoms with Gasteiger partial charge in [0.05, 0.1) is 6.61 Å². The Bertz CT molecular complexity index is 360. The van der Waals surface area contributed by atoms with Gasteiger partial charge in [0.1, 0.15) is 0 Å². The van der Waals surface area contributed by atoms with E-state index in [0.29, 0.717) is 12.6 Å². The Kier molecular flexibility index (Phi) is 4.18. The summed E-state index contributed by atoms with van der Waals surface area (Å²) < 4.78 is 0. The number of aliphatic hydroxyl groups excluding tert-OH is 1. The second kappa shape index (κ2) is 5.65. The molecule has 1 aliphatic rings. The Hall–Kier alpha value is -0.870. The number of hydrogen-bond donors (Lipinski definition) is 1. The minimum Gasteiger partial charge on any atom is -0.395 e. The van der Waals surface area contributed by atoms with Gasteiger partial charge in [-0.3, -0.25) is 4.79 Å². The summed E-state index contributed by atoms with van der Waals surface area (Å²) >= 11 is 1.70. The fourth-order valence-corrected chi connectivity index (χ4v) is 2.90. The standard InChI is InChI=1S/C13H19NO2S/c1-10(9-12-3-2-8-17-12)13(16)14(6-7-15)11-4-5-11/h2-3,8,10-11,15H,4-7,9H2,1H3. The van der Waals surface area contributed by atoms with E-state index in [9.17, 15) is 4.79 Å². The molecule has 0 saturated heterocycles. The van der Waals surface area contributed by atoms with Gasteiger partial charge in [0.2, 0.25) is 5.91 Å². The number of nitrogens with zero attached hydrogens (tertiary/aromatic N) is 1. The van der Waals surface area contributed by atoms with Crippen molar-refractivity contribution in [1.82, 2.24) is 4.90 Å². The zero-order valence-electron chi connectivity index (χ0n) is 10.1. The summed E-state index contributed by atoms with van der Waals surface area (Å²) in [7, 11) is 0. The number of amides is 1. The Morgan fingerprint density at radius 3 is 2.94 bits per heavy atom. The first-order valence-corrected chi connectivity index (χ1v) is 7.04. The molecule has 4 heteroatoms. The van der Waals surface area contributed by atoms with Gasteiger partial charge >= 0.3 is 0 Å². The Labute approximate surface area is 106 Å². The van der Waals surface area contributed by atoms with Crippen LogP contribution in [-0.2, 0) is 11.2 Å². The monoisotopic (exact) mass is 253 g/mol. The van der Waals surface area contributed by atoms with E-state index >= 15 is 0 Å². The maximum absolute atomic E-state index is 12.3. The third kappa shape index (κ3) is 3.30. The molecule has 94 valence electrons. The maximum atomic E-state index is 12.3. The molecular formula is C13H19NO2S. The fourth-order valence-electron chi connectivity index (χ4n) is 2.07. The lowest BCUT2D eigenvalue weighted by Gasteiger charge is -2.24. The van der Waals surface area contributed by atoms with Crippen LogP contribution in [0.25, 0.3) is 0 Å². The van der Waals surface area contributed by atoms with Gasteiger partial charge in [0.15, 0.2) is 0 Å². The molecule has 3 nitrogen and oxygen atoms in total. The van der Waals surface area contributed by atoms with Gasteiger partial charge in [0, 0.05) is 23.4 Å². The smallest absolute Gasteiger partial charge is 0.226 e. The van der Waals surface area contributed by atoms with Crippen LogP contribution in [0.4, 0.5) is 0 Å². The number of carbonyl (C=O) groups is 1. The highest BCUT2D eigenvalue weighted by atomic mass is 32.1. The van der Waals surface area contributed by atoms with Crippen LogP contribution < -0.4 is 0 Å². The molecule has 0 aliphatic heterocycles. The summed E-state index contributed by atoms with van der Waals surface area (Å²) in [5.74, 6) is 0.204. The van der Waals surface area contributed by atoms with E-state index in [1.807, 2.05) is 23.3 Å². The molecule has 1 aromatic rings. The normalized spacial score (nSPS) is 16.8. The Balaban J connectivity index is 1.92. The van der Waals surface area contributed by atoms with Crippen molar-refractivity contribution in [2.24, 2.45) is 5.92 Å². The quantitative estimate of drug-likeness (QED) is 0.841. The van der Waals surface area contributed by atoms with Crippen LogP contribution in [0.3, 0.4) is 0 Å². The predicted molar refractivity (Wildman–Crippen MR) is 69.0 cm³/mol. The summed E-state index contributed by atoms with van der Waals surface area (Å²) in [4.78, 5) is 15.4. The first-order chi connectivity index (χ1) is 8.22. The number of rotatable bonds is 6. The minimum absolute atomic E-state index is 0.0146. The second-order valence-electron chi connectivity index (χ2n) is 4.67. The van der Waals surface area contributed by atoms with E-state index in [2.05, 4.69) is 6.07 Å². The average molecular weight is 253 g/mol. The van der Waals surface area contributed by atoms with Gasteiger partial charge in [0.25, 0.3) is 0 Å². The summed E-state index contributed by atoms with van der Waals surface area (Å²) in [5.41, 5.74) is 0. The van der Waals surface area contributed by atoms with E-state index in [-0.39, 0.29) is 18.4 Å². The van der Waals surface area contributed by atoms with E-state index in [4.69, 9.17) is 5.11 Å². The molecular weight excluding hydrogens is 234 g/mol. The Morgan fingerprint density at radius 1 is 1.65 bits per heavy atom. The molecule has 2 rings (SSSR count). The summed E-state index contributed by atoms with van der Waals surface area (Å²) in [6.45, 7) is 2.53. The van der Waals surface area contributed by atoms with Crippen molar-refractivity contribution in [3.8, 4) is 0 Å². The topological polar surface area (TPSA) is 40.5 Å². The van der Waals surface area contributed by atoms with E-state index in [1.54, 1.807) is 11.3 Å². The van der Waals surface area contributed by atoms with Crippen LogP contribution in [0.15, 0.2) is 17.5 Å². The molecule has 1 fully saturated rings. The summed E-state index contributed by atoms with van der Waals surface area (Å²) in [5, 5.41) is 11.0. The van der Waals surface area contributed by atoms with Crippen LogP contribution in [-0.4, -0.2) is 35.1 Å². The summed E-state index contributed by atoms with van der Waals surface area (Å²) in [6, 6.07) is 4.48. The largest absolute Gasteiger partial charge is 0.395 e. The third-order valence-electron chi connectivity index (χ3n) is 3.12. The minimum atomic E-state index is 0.0146. The number of hydrogen-bond acceptors (Lipinski definition) is 3. The molecule has 1 N–H and O–H groups in total. The SMILES string of the molecule is CC(Cc1cccs1)C(=O)N(CCO)C1CC1. The van der Waals surface area contributed by atoms with Crippen molar-refractivity contribution in [2.45, 2.75) is 32.2 Å². The van der Waals surface area contributed by atoms with E-state index in [0.717, 1.165) is 19.3 Å². The molecule has 0 aromatic carbocycles. The van der Waals surface area contributed by atoms with Crippen molar-refractivity contribution >= 4 is 17.2 Å². The van der Waals surface area contributed by atoms with Gasteiger partial charge in [-0.15, -0.1) is 11.3 Å². The van der Waals surface area contributed by atoms with E-state index in [1.165, 1.54) is 4.88 Å². The lowest BCUT2D eigenvalue weighted by atomic mass is 10.1. The van der Waals surface area contributed by atoms with Crippen LogP contribution in [0.2, 0.25) is 0 Å². The predicted octanol–water partition coefficient (Wildman–Crippen LogP) is 1.91. The number of thiophene rings is 1. The van der Waals surface area contributed by atoms with E-state index < -0.39 is 0 Å². The molecule has 1 aromatic heterocycles. The molecule has 1 aliphatic carbocycles. The maximum Gasteiger partial charge on any atom is 0.226 e. The number of carbonyl (C=O) groups excluding carboxylic acids is 1. The second-order valence-corrected chi connectivity index (χ2v) is 5.70. The summed E-state index contributed by atoms with van der Waals surface area (Å²) in [6.07, 6.45) is 3.00. The van der Waals surface area contributed by atoms with Gasteiger partial charge in [-0.1, -0.05) is 13.0 Å². The first-order valence-electron chi connectivity index (χ1n) is 6.16. The Morgan fingerprint density at radius 2 is 2.41 bits per heavy atom. The fraction of sp³-hybridized carbons (Fsp3) is 0.615. The van der Waals surface area contributed by atoms with Gasteiger partial charge in [-0.05, 0) is 30.7 Å². The zero-order chi connectivity index (χ0) is 12.3. The van der Waals surface area contributed by atoms with Gasteiger partial charge in [-0.2, -0.15) is 0 Å². The third-order valence-corrected chi connectivity index (χ3v) is 4.02. The lowest BCUT2D eigenvalue weighted by Crippen LogP contribution is -2.39.